The summed E-state index contributed by atoms with van der Waals surface area (Å²) in [5.74, 6) is -2.25. The quantitative estimate of drug-likeness (QED) is 0.368. The van der Waals surface area contributed by atoms with Crippen molar-refractivity contribution in [3.05, 3.63) is 29.3 Å². The Morgan fingerprint density at radius 1 is 1.17 bits per heavy atom. The fraction of sp³-hybridized carbons (Fsp3) is 0.474. The summed E-state index contributed by atoms with van der Waals surface area (Å²) in [6, 6.07) is 4.84. The molecule has 0 saturated heterocycles. The molecule has 156 valence electrons. The van der Waals surface area contributed by atoms with Gasteiger partial charge in [0.05, 0.1) is 20.0 Å². The Morgan fingerprint density at radius 2 is 1.90 bits per heavy atom. The van der Waals surface area contributed by atoms with Crippen molar-refractivity contribution in [1.82, 2.24) is 0 Å². The standard InChI is InChI=1S/C19H23BO9/c1-3-14(21)10-13-9-12-5-4-6-15(18(12)29-20(13)25)19(24)28-11-27-17(23)8-7-16(22)26-2/h4-6,13,25H,3,7-11H2,1-2H3/t13-/m1/s1. The van der Waals surface area contributed by atoms with E-state index in [-0.39, 0.29) is 36.4 Å². The third-order valence-electron chi connectivity index (χ3n) is 4.50. The molecule has 0 bridgehead atoms. The van der Waals surface area contributed by atoms with Gasteiger partial charge >= 0.3 is 25.0 Å². The second-order valence-electron chi connectivity index (χ2n) is 6.50. The largest absolute Gasteiger partial charge is 0.535 e. The number of carbonyl (C=O) groups excluding carboxylic acids is 4. The van der Waals surface area contributed by atoms with Crippen molar-refractivity contribution in [2.24, 2.45) is 0 Å². The molecule has 2 rings (SSSR count). The summed E-state index contributed by atoms with van der Waals surface area (Å²) in [6.45, 7) is 1.13. The Morgan fingerprint density at radius 3 is 2.59 bits per heavy atom. The van der Waals surface area contributed by atoms with Crippen LogP contribution in [0.2, 0.25) is 5.82 Å². The first-order valence-electron chi connectivity index (χ1n) is 9.23. The Hall–Kier alpha value is -2.88. The molecule has 0 saturated carbocycles. The van der Waals surface area contributed by atoms with Crippen LogP contribution >= 0.6 is 0 Å². The Bertz CT molecular complexity index is 777. The predicted molar refractivity (Wildman–Crippen MR) is 100 cm³/mol. The smallest absolute Gasteiger partial charge is 0.526 e. The molecular formula is C19H23BO9. The molecule has 10 heteroatoms. The molecule has 1 atom stereocenters. The Balaban J connectivity index is 1.94. The lowest BCUT2D eigenvalue weighted by molar-refractivity contribution is -0.155. The van der Waals surface area contributed by atoms with Gasteiger partial charge in [-0.3, -0.25) is 14.4 Å². The minimum atomic E-state index is -1.22. The maximum absolute atomic E-state index is 12.3. The van der Waals surface area contributed by atoms with Gasteiger partial charge in [0.1, 0.15) is 17.1 Å². The number of esters is 3. The number of para-hydroxylation sites is 1. The van der Waals surface area contributed by atoms with Crippen LogP contribution in [0.4, 0.5) is 0 Å². The number of hydrogen-bond donors (Lipinski definition) is 1. The third-order valence-corrected chi connectivity index (χ3v) is 4.50. The highest BCUT2D eigenvalue weighted by atomic mass is 16.7. The van der Waals surface area contributed by atoms with Gasteiger partial charge in [0.25, 0.3) is 0 Å². The zero-order valence-corrected chi connectivity index (χ0v) is 16.3. The highest BCUT2D eigenvalue weighted by Gasteiger charge is 2.37. The molecule has 1 N–H and O–H groups in total. The molecule has 29 heavy (non-hydrogen) atoms. The molecule has 1 aliphatic heterocycles. The van der Waals surface area contributed by atoms with Crippen molar-refractivity contribution in [3.8, 4) is 5.75 Å². The number of ether oxygens (including phenoxy) is 3. The molecule has 0 radical (unpaired) electrons. The maximum atomic E-state index is 12.3. The zero-order chi connectivity index (χ0) is 21.4. The number of rotatable bonds is 9. The lowest BCUT2D eigenvalue weighted by Crippen LogP contribution is -2.35. The molecule has 0 aromatic heterocycles. The van der Waals surface area contributed by atoms with E-state index in [0.29, 0.717) is 18.4 Å². The topological polar surface area (TPSA) is 125 Å². The summed E-state index contributed by atoms with van der Waals surface area (Å²) in [7, 11) is -0.0121. The van der Waals surface area contributed by atoms with Crippen molar-refractivity contribution in [2.45, 2.75) is 44.8 Å². The van der Waals surface area contributed by atoms with Crippen LogP contribution in [-0.4, -0.2) is 49.7 Å². The molecule has 0 aliphatic carbocycles. The molecular weight excluding hydrogens is 383 g/mol. The molecule has 1 aromatic carbocycles. The van der Waals surface area contributed by atoms with Crippen LogP contribution in [0.15, 0.2) is 18.2 Å². The van der Waals surface area contributed by atoms with Crippen LogP contribution in [0.3, 0.4) is 0 Å². The molecule has 0 fully saturated rings. The Labute approximate surface area is 168 Å². The SMILES string of the molecule is CCC(=O)C[C@H]1Cc2cccc(C(=O)OCOC(=O)CCC(=O)OC)c2OB1O. The van der Waals surface area contributed by atoms with Crippen molar-refractivity contribution in [2.75, 3.05) is 13.9 Å². The maximum Gasteiger partial charge on any atom is 0.526 e. The number of carbonyl (C=O) groups is 4. The van der Waals surface area contributed by atoms with Crippen molar-refractivity contribution >= 4 is 30.8 Å². The molecule has 1 aliphatic rings. The average molecular weight is 406 g/mol. The van der Waals surface area contributed by atoms with Gasteiger partial charge in [-0.05, 0) is 18.1 Å². The van der Waals surface area contributed by atoms with Gasteiger partial charge in [0, 0.05) is 18.7 Å². The third kappa shape index (κ3) is 6.32. The van der Waals surface area contributed by atoms with Crippen LogP contribution in [0.25, 0.3) is 0 Å². The minimum absolute atomic E-state index is 0.0191. The molecule has 0 spiro atoms. The summed E-state index contributed by atoms with van der Waals surface area (Å²) >= 11 is 0. The van der Waals surface area contributed by atoms with Gasteiger partial charge in [-0.2, -0.15) is 0 Å². The van der Waals surface area contributed by atoms with E-state index in [1.54, 1.807) is 19.1 Å². The van der Waals surface area contributed by atoms with Gasteiger partial charge in [0.15, 0.2) is 0 Å². The molecule has 0 unspecified atom stereocenters. The second-order valence-corrected chi connectivity index (χ2v) is 6.50. The average Bonchev–Trinajstić information content (AvgIpc) is 2.71. The van der Waals surface area contributed by atoms with E-state index in [9.17, 15) is 24.2 Å². The lowest BCUT2D eigenvalue weighted by atomic mass is 9.64. The monoisotopic (exact) mass is 406 g/mol. The second kappa shape index (κ2) is 10.6. The van der Waals surface area contributed by atoms with E-state index in [1.165, 1.54) is 13.2 Å². The van der Waals surface area contributed by atoms with Crippen LogP contribution in [0.5, 0.6) is 5.75 Å². The Kier molecular flexibility index (Phi) is 8.20. The van der Waals surface area contributed by atoms with Gasteiger partial charge in [-0.15, -0.1) is 0 Å². The summed E-state index contributed by atoms with van der Waals surface area (Å²) in [6.07, 6.45) is 0.612. The molecule has 0 amide bonds. The van der Waals surface area contributed by atoms with E-state index in [1.807, 2.05) is 0 Å². The number of ketones is 1. The number of fused-ring (bicyclic) bond motifs is 1. The van der Waals surface area contributed by atoms with Crippen LogP contribution < -0.4 is 4.65 Å². The van der Waals surface area contributed by atoms with Gasteiger partial charge in [0.2, 0.25) is 6.79 Å². The van der Waals surface area contributed by atoms with Gasteiger partial charge < -0.3 is 23.9 Å². The summed E-state index contributed by atoms with van der Waals surface area (Å²) < 4.78 is 19.6. The van der Waals surface area contributed by atoms with Gasteiger partial charge in [-0.1, -0.05) is 19.1 Å². The summed E-state index contributed by atoms with van der Waals surface area (Å²) in [5, 5.41) is 10.2. The van der Waals surface area contributed by atoms with E-state index in [0.717, 1.165) is 0 Å². The fourth-order valence-electron chi connectivity index (χ4n) is 2.86. The molecule has 9 nitrogen and oxygen atoms in total. The van der Waals surface area contributed by atoms with Crippen molar-refractivity contribution < 1.29 is 43.1 Å². The van der Waals surface area contributed by atoms with Crippen molar-refractivity contribution in [1.29, 1.82) is 0 Å². The van der Waals surface area contributed by atoms with Crippen molar-refractivity contribution in [3.63, 3.8) is 0 Å². The first kappa shape index (κ1) is 22.4. The minimum Gasteiger partial charge on any atom is -0.535 e. The first-order chi connectivity index (χ1) is 13.8. The highest BCUT2D eigenvalue weighted by molar-refractivity contribution is 6.47. The fourth-order valence-corrected chi connectivity index (χ4v) is 2.86. The van der Waals surface area contributed by atoms with Gasteiger partial charge in [-0.25, -0.2) is 4.79 Å². The van der Waals surface area contributed by atoms with Crippen LogP contribution in [0.1, 0.15) is 48.5 Å². The summed E-state index contributed by atoms with van der Waals surface area (Å²) in [4.78, 5) is 46.5. The predicted octanol–water partition coefficient (Wildman–Crippen LogP) is 1.45. The summed E-state index contributed by atoms with van der Waals surface area (Å²) in [5.41, 5.74) is 0.751. The first-order valence-corrected chi connectivity index (χ1v) is 9.23. The highest BCUT2D eigenvalue weighted by Crippen LogP contribution is 2.36. The number of benzene rings is 1. The van der Waals surface area contributed by atoms with E-state index in [4.69, 9.17) is 14.1 Å². The molecule has 1 heterocycles. The zero-order valence-electron chi connectivity index (χ0n) is 16.3. The molecule has 1 aromatic rings. The van der Waals surface area contributed by atoms with E-state index < -0.39 is 37.6 Å². The number of Topliss-reactive ketones (excluding diaryl/α,β-unsaturated/α-hetero) is 1. The normalized spacial score (nSPS) is 15.0. The number of methoxy groups -OCH3 is 1. The van der Waals surface area contributed by atoms with Crippen LogP contribution in [-0.2, 0) is 35.0 Å². The number of hydrogen-bond acceptors (Lipinski definition) is 9. The lowest BCUT2D eigenvalue weighted by Gasteiger charge is -2.28. The van der Waals surface area contributed by atoms with Crippen LogP contribution in [0, 0.1) is 0 Å². The van der Waals surface area contributed by atoms with E-state index in [2.05, 4.69) is 4.74 Å². The van der Waals surface area contributed by atoms with E-state index >= 15 is 0 Å².